The molecule has 1 N–H and O–H groups in total. The number of hydrogen-bond donors (Lipinski definition) is 1. The normalized spacial score (nSPS) is 26.8. The van der Waals surface area contributed by atoms with E-state index in [-0.39, 0.29) is 11.8 Å². The van der Waals surface area contributed by atoms with Crippen LogP contribution in [-0.2, 0) is 0 Å². The van der Waals surface area contributed by atoms with Gasteiger partial charge in [0.1, 0.15) is 5.76 Å². The lowest BCUT2D eigenvalue weighted by Gasteiger charge is -2.35. The molecular formula is C18H14OS. The minimum Gasteiger partial charge on any atom is -0.506 e. The first-order valence-electron chi connectivity index (χ1n) is 6.89. The number of allylic oxidation sites excluding steroid dienone is 6. The largest absolute Gasteiger partial charge is 0.506 e. The lowest BCUT2D eigenvalue weighted by atomic mass is 9.70. The number of benzene rings is 1. The van der Waals surface area contributed by atoms with E-state index in [1.54, 1.807) is 0 Å². The molecule has 0 fully saturated rings. The SMILES string of the molecule is OC1=C2C=CC=CC2C2=c3ccccc3=CCC2C1=S. The molecule has 3 aliphatic carbocycles. The maximum Gasteiger partial charge on any atom is 0.134 e. The Morgan fingerprint density at radius 3 is 2.90 bits per heavy atom. The minimum absolute atomic E-state index is 0.157. The van der Waals surface area contributed by atoms with Crippen LogP contribution in [0.2, 0.25) is 0 Å². The van der Waals surface area contributed by atoms with E-state index in [2.05, 4.69) is 42.5 Å². The van der Waals surface area contributed by atoms with Crippen molar-refractivity contribution in [1.82, 2.24) is 0 Å². The highest BCUT2D eigenvalue weighted by molar-refractivity contribution is 7.81. The van der Waals surface area contributed by atoms with Crippen LogP contribution in [-0.4, -0.2) is 9.97 Å². The summed E-state index contributed by atoms with van der Waals surface area (Å²) in [4.78, 5) is 0.692. The van der Waals surface area contributed by atoms with Crippen molar-refractivity contribution in [3.05, 3.63) is 70.3 Å². The van der Waals surface area contributed by atoms with Crippen LogP contribution in [0.3, 0.4) is 0 Å². The molecule has 2 heteroatoms. The van der Waals surface area contributed by atoms with E-state index >= 15 is 0 Å². The zero-order valence-electron chi connectivity index (χ0n) is 10.9. The summed E-state index contributed by atoms with van der Waals surface area (Å²) in [5, 5.41) is 12.9. The molecule has 2 atom stereocenters. The Kier molecular flexibility index (Phi) is 2.54. The Balaban J connectivity index is 2.11. The quantitative estimate of drug-likeness (QED) is 0.736. The van der Waals surface area contributed by atoms with Crippen molar-refractivity contribution >= 4 is 28.7 Å². The zero-order chi connectivity index (χ0) is 13.7. The molecule has 98 valence electrons. The molecule has 0 aromatic heterocycles. The van der Waals surface area contributed by atoms with Gasteiger partial charge in [0.05, 0.1) is 4.86 Å². The Hall–Kier alpha value is -1.93. The molecule has 0 bridgehead atoms. The van der Waals surface area contributed by atoms with Crippen LogP contribution in [0.15, 0.2) is 59.9 Å². The third kappa shape index (κ3) is 1.52. The van der Waals surface area contributed by atoms with Gasteiger partial charge >= 0.3 is 0 Å². The van der Waals surface area contributed by atoms with E-state index in [1.165, 1.54) is 16.0 Å². The maximum atomic E-state index is 10.4. The Bertz CT molecular complexity index is 823. The molecule has 1 aromatic rings. The summed E-state index contributed by atoms with van der Waals surface area (Å²) < 4.78 is 0. The van der Waals surface area contributed by atoms with Gasteiger partial charge < -0.3 is 5.11 Å². The van der Waals surface area contributed by atoms with Gasteiger partial charge in [0.2, 0.25) is 0 Å². The van der Waals surface area contributed by atoms with Gasteiger partial charge in [-0.25, -0.2) is 0 Å². The smallest absolute Gasteiger partial charge is 0.134 e. The molecule has 2 unspecified atom stereocenters. The van der Waals surface area contributed by atoms with Crippen LogP contribution >= 0.6 is 12.2 Å². The Morgan fingerprint density at radius 1 is 1.15 bits per heavy atom. The standard InChI is InChI=1S/C18H14OS/c19-17-14-8-4-3-7-13(14)16-12-6-2-1-5-11(12)9-10-15(16)18(17)20/h1-9,13,15,19H,10H2. The fraction of sp³-hybridized carbons (Fsp3) is 0.167. The summed E-state index contributed by atoms with van der Waals surface area (Å²) in [5.41, 5.74) is 2.29. The van der Waals surface area contributed by atoms with E-state index in [1.807, 2.05) is 12.2 Å². The van der Waals surface area contributed by atoms with Gasteiger partial charge in [-0.2, -0.15) is 0 Å². The van der Waals surface area contributed by atoms with Crippen molar-refractivity contribution in [3.8, 4) is 0 Å². The van der Waals surface area contributed by atoms with E-state index in [0.29, 0.717) is 10.6 Å². The number of fused-ring (bicyclic) bond motifs is 4. The molecule has 0 radical (unpaired) electrons. The molecule has 20 heavy (non-hydrogen) atoms. The molecule has 3 aliphatic rings. The molecule has 1 aromatic carbocycles. The number of thiocarbonyl (C=S) groups is 1. The van der Waals surface area contributed by atoms with Crippen LogP contribution < -0.4 is 10.4 Å². The van der Waals surface area contributed by atoms with E-state index < -0.39 is 0 Å². The fourth-order valence-corrected chi connectivity index (χ4v) is 3.82. The highest BCUT2D eigenvalue weighted by Crippen LogP contribution is 2.41. The number of hydrogen-bond acceptors (Lipinski definition) is 2. The molecule has 0 amide bonds. The average molecular weight is 278 g/mol. The van der Waals surface area contributed by atoms with Crippen molar-refractivity contribution < 1.29 is 5.11 Å². The first kappa shape index (κ1) is 11.9. The van der Waals surface area contributed by atoms with Gasteiger partial charge in [-0.05, 0) is 22.4 Å². The molecule has 0 saturated heterocycles. The Labute approximate surface area is 122 Å². The van der Waals surface area contributed by atoms with Crippen molar-refractivity contribution in [2.75, 3.05) is 0 Å². The van der Waals surface area contributed by atoms with E-state index in [0.717, 1.165) is 12.0 Å². The van der Waals surface area contributed by atoms with Gasteiger partial charge in [0.25, 0.3) is 0 Å². The predicted octanol–water partition coefficient (Wildman–Crippen LogP) is 2.58. The van der Waals surface area contributed by atoms with Crippen LogP contribution in [0.4, 0.5) is 0 Å². The summed E-state index contributed by atoms with van der Waals surface area (Å²) >= 11 is 5.52. The minimum atomic E-state index is 0.157. The maximum absolute atomic E-state index is 10.4. The van der Waals surface area contributed by atoms with Crippen molar-refractivity contribution in [3.63, 3.8) is 0 Å². The summed E-state index contributed by atoms with van der Waals surface area (Å²) in [6.45, 7) is 0. The van der Waals surface area contributed by atoms with Gasteiger partial charge in [0, 0.05) is 17.4 Å². The van der Waals surface area contributed by atoms with E-state index in [9.17, 15) is 5.11 Å². The third-order valence-electron chi connectivity index (χ3n) is 4.40. The van der Waals surface area contributed by atoms with E-state index in [4.69, 9.17) is 12.2 Å². The predicted molar refractivity (Wildman–Crippen MR) is 85.7 cm³/mol. The third-order valence-corrected chi connectivity index (χ3v) is 4.88. The van der Waals surface area contributed by atoms with Crippen molar-refractivity contribution in [2.24, 2.45) is 11.8 Å². The highest BCUT2D eigenvalue weighted by Gasteiger charge is 2.36. The van der Waals surface area contributed by atoms with Gasteiger partial charge in [-0.15, -0.1) is 0 Å². The molecule has 1 nitrogen and oxygen atoms in total. The second-order valence-electron chi connectivity index (χ2n) is 5.42. The molecule has 0 heterocycles. The lowest BCUT2D eigenvalue weighted by Crippen LogP contribution is -2.40. The molecule has 0 spiro atoms. The van der Waals surface area contributed by atoms with Gasteiger partial charge in [-0.1, -0.05) is 66.9 Å². The summed E-state index contributed by atoms with van der Waals surface area (Å²) in [7, 11) is 0. The Morgan fingerprint density at radius 2 is 2.00 bits per heavy atom. The molecule has 0 saturated carbocycles. The zero-order valence-corrected chi connectivity index (χ0v) is 11.7. The van der Waals surface area contributed by atoms with Crippen LogP contribution in [0.5, 0.6) is 0 Å². The highest BCUT2D eigenvalue weighted by atomic mass is 32.1. The number of aliphatic hydroxyl groups excluding tert-OH is 1. The topological polar surface area (TPSA) is 20.2 Å². The molecule has 4 rings (SSSR count). The van der Waals surface area contributed by atoms with Gasteiger partial charge in [-0.3, -0.25) is 0 Å². The van der Waals surface area contributed by atoms with Gasteiger partial charge in [0.15, 0.2) is 0 Å². The average Bonchev–Trinajstić information content (AvgIpc) is 2.51. The summed E-state index contributed by atoms with van der Waals surface area (Å²) in [6, 6.07) is 8.47. The first-order valence-corrected chi connectivity index (χ1v) is 7.30. The summed E-state index contributed by atoms with van der Waals surface area (Å²) in [5.74, 6) is 0.628. The molecule has 0 aliphatic heterocycles. The van der Waals surface area contributed by atoms with Crippen LogP contribution in [0.25, 0.3) is 11.6 Å². The molecular weight excluding hydrogens is 264 g/mol. The first-order chi connectivity index (χ1) is 9.77. The van der Waals surface area contributed by atoms with Crippen LogP contribution in [0.1, 0.15) is 6.42 Å². The second-order valence-corrected chi connectivity index (χ2v) is 5.86. The number of rotatable bonds is 0. The number of aliphatic hydroxyl groups is 1. The monoisotopic (exact) mass is 278 g/mol. The van der Waals surface area contributed by atoms with Crippen LogP contribution in [0, 0.1) is 11.8 Å². The van der Waals surface area contributed by atoms with Crippen molar-refractivity contribution in [1.29, 1.82) is 0 Å². The van der Waals surface area contributed by atoms with Crippen molar-refractivity contribution in [2.45, 2.75) is 6.42 Å². The fourth-order valence-electron chi connectivity index (χ4n) is 3.48. The summed E-state index contributed by atoms with van der Waals surface area (Å²) in [6.07, 6.45) is 11.3. The second kappa shape index (κ2) is 4.29. The lowest BCUT2D eigenvalue weighted by molar-refractivity contribution is 0.427.